The number of hydrogen-bond donors (Lipinski definition) is 0. The number of thioether (sulfide) groups is 1. The average molecular weight is 317 g/mol. The van der Waals surface area contributed by atoms with Crippen LogP contribution in [0.2, 0.25) is 0 Å². The van der Waals surface area contributed by atoms with E-state index in [1.807, 2.05) is 0 Å². The third-order valence-electron chi connectivity index (χ3n) is 3.33. The molecule has 0 saturated carbocycles. The molecule has 1 unspecified atom stereocenters. The number of halogens is 3. The van der Waals surface area contributed by atoms with E-state index in [0.29, 0.717) is 12.3 Å². The van der Waals surface area contributed by atoms with Crippen LogP contribution in [-0.4, -0.2) is 23.1 Å². The molecule has 1 atom stereocenters. The molecule has 2 rings (SSSR count). The zero-order chi connectivity index (χ0) is 15.8. The first-order valence-corrected chi connectivity index (χ1v) is 7.76. The zero-order valence-electron chi connectivity index (χ0n) is 12.2. The predicted molar refractivity (Wildman–Crippen MR) is 77.8 cm³/mol. The van der Waals surface area contributed by atoms with Crippen molar-refractivity contribution in [3.63, 3.8) is 0 Å². The Labute approximate surface area is 126 Å². The second kappa shape index (κ2) is 5.55. The first kappa shape index (κ1) is 16.2. The van der Waals surface area contributed by atoms with E-state index >= 15 is 0 Å². The minimum atomic E-state index is -4.41. The van der Waals surface area contributed by atoms with E-state index in [1.165, 1.54) is 23.9 Å². The van der Waals surface area contributed by atoms with Crippen LogP contribution in [0.25, 0.3) is 0 Å². The molecular weight excluding hydrogens is 299 g/mol. The molecule has 0 bridgehead atoms. The van der Waals surface area contributed by atoms with E-state index in [-0.39, 0.29) is 11.5 Å². The highest BCUT2D eigenvalue weighted by Gasteiger charge is 2.41. The Kier molecular flexibility index (Phi) is 4.29. The van der Waals surface area contributed by atoms with E-state index in [0.717, 1.165) is 6.07 Å². The SMILES string of the molecule is CC(C)(C)C(=O)N1CCSC1c1ccccc1C(F)(F)F. The Morgan fingerprint density at radius 2 is 1.86 bits per heavy atom. The van der Waals surface area contributed by atoms with Gasteiger partial charge in [0.2, 0.25) is 5.91 Å². The molecule has 1 aromatic rings. The third kappa shape index (κ3) is 3.36. The first-order valence-electron chi connectivity index (χ1n) is 6.71. The van der Waals surface area contributed by atoms with Gasteiger partial charge in [0.1, 0.15) is 5.37 Å². The highest BCUT2D eigenvalue weighted by Crippen LogP contribution is 2.44. The fraction of sp³-hybridized carbons (Fsp3) is 0.533. The van der Waals surface area contributed by atoms with Gasteiger partial charge >= 0.3 is 6.18 Å². The number of benzene rings is 1. The lowest BCUT2D eigenvalue weighted by molar-refractivity contribution is -0.142. The number of carbonyl (C=O) groups is 1. The van der Waals surface area contributed by atoms with Crippen LogP contribution in [0.5, 0.6) is 0 Å². The summed E-state index contributed by atoms with van der Waals surface area (Å²) < 4.78 is 39.5. The van der Waals surface area contributed by atoms with Gasteiger partial charge in [-0.25, -0.2) is 0 Å². The molecule has 1 aromatic carbocycles. The average Bonchev–Trinajstić information content (AvgIpc) is 2.84. The first-order chi connectivity index (χ1) is 9.62. The zero-order valence-corrected chi connectivity index (χ0v) is 13.0. The quantitative estimate of drug-likeness (QED) is 0.768. The summed E-state index contributed by atoms with van der Waals surface area (Å²) in [5, 5.41) is -0.561. The summed E-state index contributed by atoms with van der Waals surface area (Å²) in [6.07, 6.45) is -4.41. The summed E-state index contributed by atoms with van der Waals surface area (Å²) in [7, 11) is 0. The van der Waals surface area contributed by atoms with Crippen LogP contribution < -0.4 is 0 Å². The van der Waals surface area contributed by atoms with Crippen LogP contribution >= 0.6 is 11.8 Å². The van der Waals surface area contributed by atoms with Crippen molar-refractivity contribution >= 4 is 17.7 Å². The van der Waals surface area contributed by atoms with Crippen LogP contribution in [-0.2, 0) is 11.0 Å². The van der Waals surface area contributed by atoms with Gasteiger partial charge in [-0.05, 0) is 11.6 Å². The Balaban J connectivity index is 2.40. The van der Waals surface area contributed by atoms with Gasteiger partial charge in [-0.3, -0.25) is 4.79 Å². The topological polar surface area (TPSA) is 20.3 Å². The fourth-order valence-corrected chi connectivity index (χ4v) is 3.63. The van der Waals surface area contributed by atoms with E-state index in [4.69, 9.17) is 0 Å². The van der Waals surface area contributed by atoms with Crippen LogP contribution in [0.4, 0.5) is 13.2 Å². The number of alkyl halides is 3. The molecule has 2 nitrogen and oxygen atoms in total. The van der Waals surface area contributed by atoms with Gasteiger partial charge in [-0.15, -0.1) is 11.8 Å². The van der Waals surface area contributed by atoms with Crippen molar-refractivity contribution in [2.24, 2.45) is 5.41 Å². The minimum Gasteiger partial charge on any atom is -0.325 e. The number of nitrogens with zero attached hydrogens (tertiary/aromatic N) is 1. The molecule has 1 fully saturated rings. The van der Waals surface area contributed by atoms with E-state index in [1.54, 1.807) is 31.7 Å². The van der Waals surface area contributed by atoms with Crippen molar-refractivity contribution in [1.29, 1.82) is 0 Å². The van der Waals surface area contributed by atoms with Crippen molar-refractivity contribution in [3.05, 3.63) is 35.4 Å². The summed E-state index contributed by atoms with van der Waals surface area (Å²) in [5.74, 6) is 0.535. The summed E-state index contributed by atoms with van der Waals surface area (Å²) in [5.41, 5.74) is -1.09. The van der Waals surface area contributed by atoms with Gasteiger partial charge in [-0.1, -0.05) is 39.0 Å². The normalized spacial score (nSPS) is 19.9. The van der Waals surface area contributed by atoms with E-state index < -0.39 is 22.5 Å². The second-order valence-corrected chi connectivity index (χ2v) is 7.24. The maximum Gasteiger partial charge on any atom is 0.416 e. The third-order valence-corrected chi connectivity index (χ3v) is 4.57. The lowest BCUT2D eigenvalue weighted by atomic mass is 9.94. The molecule has 1 amide bonds. The molecule has 1 aliphatic rings. The van der Waals surface area contributed by atoms with Crippen molar-refractivity contribution < 1.29 is 18.0 Å². The van der Waals surface area contributed by atoms with Crippen molar-refractivity contribution in [1.82, 2.24) is 4.90 Å². The van der Waals surface area contributed by atoms with Crippen LogP contribution in [0.15, 0.2) is 24.3 Å². The van der Waals surface area contributed by atoms with Crippen molar-refractivity contribution in [2.75, 3.05) is 12.3 Å². The Hall–Kier alpha value is -1.17. The molecule has 1 heterocycles. The standard InChI is InChI=1S/C15H18F3NOS/c1-14(2,3)13(20)19-8-9-21-12(19)10-6-4-5-7-11(10)15(16,17)18/h4-7,12H,8-9H2,1-3H3. The summed E-state index contributed by atoms with van der Waals surface area (Å²) in [4.78, 5) is 14.0. The van der Waals surface area contributed by atoms with Crippen LogP contribution in [0, 0.1) is 5.41 Å². The molecular formula is C15H18F3NOS. The maximum atomic E-state index is 13.2. The molecule has 0 spiro atoms. The van der Waals surface area contributed by atoms with Crippen LogP contribution in [0.3, 0.4) is 0 Å². The van der Waals surface area contributed by atoms with Gasteiger partial charge in [0, 0.05) is 17.7 Å². The van der Waals surface area contributed by atoms with Crippen molar-refractivity contribution in [2.45, 2.75) is 32.3 Å². The minimum absolute atomic E-state index is 0.116. The number of rotatable bonds is 1. The smallest absolute Gasteiger partial charge is 0.325 e. The molecule has 0 aliphatic carbocycles. The highest BCUT2D eigenvalue weighted by molar-refractivity contribution is 7.99. The molecule has 116 valence electrons. The molecule has 1 aliphatic heterocycles. The van der Waals surface area contributed by atoms with Gasteiger partial charge < -0.3 is 4.90 Å². The van der Waals surface area contributed by atoms with Crippen LogP contribution in [0.1, 0.15) is 37.3 Å². The molecule has 0 N–H and O–H groups in total. The molecule has 6 heteroatoms. The number of amides is 1. The Bertz CT molecular complexity index is 536. The molecule has 21 heavy (non-hydrogen) atoms. The monoisotopic (exact) mass is 317 g/mol. The maximum absolute atomic E-state index is 13.2. The van der Waals surface area contributed by atoms with Gasteiger partial charge in [0.15, 0.2) is 0 Å². The fourth-order valence-electron chi connectivity index (χ4n) is 2.34. The Morgan fingerprint density at radius 1 is 1.24 bits per heavy atom. The molecule has 1 saturated heterocycles. The largest absolute Gasteiger partial charge is 0.416 e. The number of hydrogen-bond acceptors (Lipinski definition) is 2. The number of carbonyl (C=O) groups excluding carboxylic acids is 1. The molecule has 0 radical (unpaired) electrons. The lowest BCUT2D eigenvalue weighted by Gasteiger charge is -2.31. The Morgan fingerprint density at radius 3 is 2.43 bits per heavy atom. The summed E-state index contributed by atoms with van der Waals surface area (Å²) >= 11 is 1.38. The molecule has 0 aromatic heterocycles. The summed E-state index contributed by atoms with van der Waals surface area (Å²) in [6, 6.07) is 5.51. The highest BCUT2D eigenvalue weighted by atomic mass is 32.2. The van der Waals surface area contributed by atoms with Gasteiger partial charge in [0.25, 0.3) is 0 Å². The van der Waals surface area contributed by atoms with Gasteiger partial charge in [0.05, 0.1) is 5.56 Å². The van der Waals surface area contributed by atoms with Crippen molar-refractivity contribution in [3.8, 4) is 0 Å². The second-order valence-electron chi connectivity index (χ2n) is 6.06. The summed E-state index contributed by atoms with van der Waals surface area (Å²) in [6.45, 7) is 5.83. The van der Waals surface area contributed by atoms with Gasteiger partial charge in [-0.2, -0.15) is 13.2 Å². The van der Waals surface area contributed by atoms with E-state index in [2.05, 4.69) is 0 Å². The predicted octanol–water partition coefficient (Wildman–Crippen LogP) is 4.33. The lowest BCUT2D eigenvalue weighted by Crippen LogP contribution is -2.39. The van der Waals surface area contributed by atoms with E-state index in [9.17, 15) is 18.0 Å².